The summed E-state index contributed by atoms with van der Waals surface area (Å²) >= 11 is 0. The second-order valence-electron chi connectivity index (χ2n) is 6.85. The Balaban J connectivity index is 1.91. The van der Waals surface area contributed by atoms with Crippen LogP contribution in [0.3, 0.4) is 0 Å². The quantitative estimate of drug-likeness (QED) is 0.347. The van der Waals surface area contributed by atoms with Crippen molar-refractivity contribution in [2.75, 3.05) is 6.61 Å². The molecule has 29 heavy (non-hydrogen) atoms. The second-order valence-corrected chi connectivity index (χ2v) is 6.85. The fourth-order valence-electron chi connectivity index (χ4n) is 3.62. The number of nitro groups is 1. The number of carbonyl (C=O) groups is 2. The van der Waals surface area contributed by atoms with Crippen molar-refractivity contribution in [3.05, 3.63) is 75.8 Å². The summed E-state index contributed by atoms with van der Waals surface area (Å²) in [4.78, 5) is 37.4. The molecule has 1 aliphatic rings. The number of amides is 1. The molecule has 1 N–H and O–H groups in total. The maximum absolute atomic E-state index is 13.2. The van der Waals surface area contributed by atoms with E-state index in [1.54, 1.807) is 6.92 Å². The van der Waals surface area contributed by atoms with Gasteiger partial charge in [-0.05, 0) is 18.1 Å². The van der Waals surface area contributed by atoms with Gasteiger partial charge in [0, 0.05) is 31.0 Å². The third-order valence-corrected chi connectivity index (χ3v) is 5.04. The van der Waals surface area contributed by atoms with Crippen LogP contribution in [0, 0.1) is 16.0 Å². The largest absolute Gasteiger partial charge is 0.465 e. The smallest absolute Gasteiger partial charge is 0.319 e. The normalized spacial score (nSPS) is 21.7. The summed E-state index contributed by atoms with van der Waals surface area (Å²) in [7, 11) is 0. The lowest BCUT2D eigenvalue weighted by atomic mass is 9.79. The fourth-order valence-corrected chi connectivity index (χ4v) is 3.62. The van der Waals surface area contributed by atoms with E-state index in [1.807, 2.05) is 30.3 Å². The van der Waals surface area contributed by atoms with Crippen LogP contribution in [0.5, 0.6) is 0 Å². The van der Waals surface area contributed by atoms with Gasteiger partial charge in [0.1, 0.15) is 12.1 Å². The first-order valence-electron chi connectivity index (χ1n) is 9.35. The molecule has 8 nitrogen and oxygen atoms in total. The van der Waals surface area contributed by atoms with E-state index in [9.17, 15) is 24.8 Å². The maximum Gasteiger partial charge on any atom is 0.319 e. The Kier molecular flexibility index (Phi) is 6.23. The van der Waals surface area contributed by atoms with Gasteiger partial charge in [-0.1, -0.05) is 42.5 Å². The Morgan fingerprint density at radius 2 is 1.86 bits per heavy atom. The van der Waals surface area contributed by atoms with Crippen molar-refractivity contribution in [2.45, 2.75) is 32.0 Å². The molecule has 0 aromatic heterocycles. The van der Waals surface area contributed by atoms with Crippen LogP contribution in [-0.2, 0) is 20.9 Å². The number of ether oxygens (including phenoxy) is 1. The van der Waals surface area contributed by atoms with Crippen molar-refractivity contribution in [3.63, 3.8) is 0 Å². The molecule has 1 fully saturated rings. The monoisotopic (exact) mass is 398 g/mol. The number of esters is 1. The van der Waals surface area contributed by atoms with Crippen LogP contribution in [0.25, 0.3) is 0 Å². The van der Waals surface area contributed by atoms with Gasteiger partial charge in [-0.2, -0.15) is 0 Å². The summed E-state index contributed by atoms with van der Waals surface area (Å²) in [6, 6.07) is 14.9. The lowest BCUT2D eigenvalue weighted by molar-refractivity contribution is -0.384. The molecule has 0 spiro atoms. The number of benzene rings is 2. The van der Waals surface area contributed by atoms with E-state index in [2.05, 4.69) is 0 Å². The summed E-state index contributed by atoms with van der Waals surface area (Å²) in [5.41, 5.74) is 1.31. The van der Waals surface area contributed by atoms with Gasteiger partial charge in [-0.15, -0.1) is 0 Å². The number of piperidine rings is 1. The minimum atomic E-state index is -1.12. The first kappa shape index (κ1) is 20.5. The highest BCUT2D eigenvalue weighted by molar-refractivity contribution is 5.99. The number of non-ortho nitro benzene ring substituents is 1. The Hall–Kier alpha value is -3.26. The van der Waals surface area contributed by atoms with Crippen LogP contribution in [0.4, 0.5) is 5.69 Å². The molecule has 0 unspecified atom stereocenters. The van der Waals surface area contributed by atoms with E-state index >= 15 is 0 Å². The molecule has 8 heteroatoms. The fraction of sp³-hybridized carbons (Fsp3) is 0.333. The van der Waals surface area contributed by atoms with Gasteiger partial charge in [-0.3, -0.25) is 19.7 Å². The average molecular weight is 398 g/mol. The molecule has 2 aromatic carbocycles. The van der Waals surface area contributed by atoms with Crippen molar-refractivity contribution in [1.29, 1.82) is 0 Å². The summed E-state index contributed by atoms with van der Waals surface area (Å²) in [6.07, 6.45) is -0.964. The SMILES string of the molecule is CCOC(=O)[C@@H]1C(=O)N(Cc2ccccc2)[C@H](O)C[C@H]1c1ccc([N+](=O)[O-])cc1. The molecule has 0 saturated carbocycles. The van der Waals surface area contributed by atoms with E-state index in [1.165, 1.54) is 29.2 Å². The number of nitro benzene ring substituents is 1. The maximum atomic E-state index is 13.2. The second kappa shape index (κ2) is 8.83. The standard InChI is InChI=1S/C21H22N2O6/c1-2-29-21(26)19-17(15-8-10-16(11-9-15)23(27)28)12-18(24)22(20(19)25)13-14-6-4-3-5-7-14/h3-11,17-19,24H,2,12-13H2,1H3/t17-,18+,19-/m0/s1. The molecule has 1 aliphatic heterocycles. The zero-order valence-corrected chi connectivity index (χ0v) is 15.9. The zero-order chi connectivity index (χ0) is 21.0. The van der Waals surface area contributed by atoms with E-state index in [-0.39, 0.29) is 25.3 Å². The summed E-state index contributed by atoms with van der Waals surface area (Å²) < 4.78 is 5.12. The Morgan fingerprint density at radius 3 is 2.45 bits per heavy atom. The highest BCUT2D eigenvalue weighted by atomic mass is 16.6. The molecule has 0 bridgehead atoms. The number of aliphatic hydroxyl groups is 1. The molecule has 1 saturated heterocycles. The molecular weight excluding hydrogens is 376 g/mol. The van der Waals surface area contributed by atoms with Crippen LogP contribution in [0.1, 0.15) is 30.4 Å². The number of carbonyl (C=O) groups excluding carboxylic acids is 2. The number of rotatable bonds is 6. The molecule has 0 radical (unpaired) electrons. The topological polar surface area (TPSA) is 110 Å². The van der Waals surface area contributed by atoms with Gasteiger partial charge in [0.25, 0.3) is 5.69 Å². The number of hydrogen-bond acceptors (Lipinski definition) is 6. The Morgan fingerprint density at radius 1 is 1.21 bits per heavy atom. The lowest BCUT2D eigenvalue weighted by Crippen LogP contribution is -2.53. The molecule has 2 aromatic rings. The van der Waals surface area contributed by atoms with Crippen molar-refractivity contribution in [1.82, 2.24) is 4.90 Å². The van der Waals surface area contributed by atoms with Crippen LogP contribution >= 0.6 is 0 Å². The summed E-state index contributed by atoms with van der Waals surface area (Å²) in [6.45, 7) is 1.95. The van der Waals surface area contributed by atoms with Gasteiger partial charge >= 0.3 is 5.97 Å². The number of likely N-dealkylation sites (tertiary alicyclic amines) is 1. The molecule has 152 valence electrons. The predicted octanol–water partition coefficient (Wildman–Crippen LogP) is 2.61. The van der Waals surface area contributed by atoms with Crippen LogP contribution in [0.15, 0.2) is 54.6 Å². The van der Waals surface area contributed by atoms with Crippen molar-refractivity contribution in [3.8, 4) is 0 Å². The molecule has 3 atom stereocenters. The molecule has 1 amide bonds. The summed E-state index contributed by atoms with van der Waals surface area (Å²) in [5, 5.41) is 21.5. The Labute approximate surface area is 167 Å². The van der Waals surface area contributed by atoms with E-state index in [0.717, 1.165) is 5.56 Å². The lowest BCUT2D eigenvalue weighted by Gasteiger charge is -2.40. The molecule has 0 aliphatic carbocycles. The number of aliphatic hydroxyl groups excluding tert-OH is 1. The predicted molar refractivity (Wildman–Crippen MR) is 104 cm³/mol. The van der Waals surface area contributed by atoms with Crippen molar-refractivity contribution < 1.29 is 24.4 Å². The minimum Gasteiger partial charge on any atom is -0.465 e. The third kappa shape index (κ3) is 4.43. The van der Waals surface area contributed by atoms with Gasteiger partial charge in [0.15, 0.2) is 0 Å². The van der Waals surface area contributed by atoms with Crippen molar-refractivity contribution >= 4 is 17.6 Å². The van der Waals surface area contributed by atoms with Crippen molar-refractivity contribution in [2.24, 2.45) is 5.92 Å². The van der Waals surface area contributed by atoms with Crippen LogP contribution < -0.4 is 0 Å². The first-order valence-corrected chi connectivity index (χ1v) is 9.35. The van der Waals surface area contributed by atoms with E-state index in [4.69, 9.17) is 4.74 Å². The highest BCUT2D eigenvalue weighted by Crippen LogP contribution is 2.38. The minimum absolute atomic E-state index is 0.0881. The summed E-state index contributed by atoms with van der Waals surface area (Å²) in [5.74, 6) is -2.94. The van der Waals surface area contributed by atoms with E-state index < -0.39 is 34.9 Å². The van der Waals surface area contributed by atoms with Gasteiger partial charge < -0.3 is 14.7 Å². The third-order valence-electron chi connectivity index (χ3n) is 5.04. The first-order chi connectivity index (χ1) is 13.9. The van der Waals surface area contributed by atoms with E-state index in [0.29, 0.717) is 5.56 Å². The van der Waals surface area contributed by atoms with Gasteiger partial charge in [-0.25, -0.2) is 0 Å². The highest BCUT2D eigenvalue weighted by Gasteiger charge is 2.46. The molecule has 3 rings (SSSR count). The number of nitrogens with zero attached hydrogens (tertiary/aromatic N) is 2. The Bertz CT molecular complexity index is 884. The average Bonchev–Trinajstić information content (AvgIpc) is 2.71. The van der Waals surface area contributed by atoms with Crippen LogP contribution in [-0.4, -0.2) is 39.6 Å². The molecule has 1 heterocycles. The zero-order valence-electron chi connectivity index (χ0n) is 15.9. The van der Waals surface area contributed by atoms with Gasteiger partial charge in [0.05, 0.1) is 11.5 Å². The number of hydrogen-bond donors (Lipinski definition) is 1. The van der Waals surface area contributed by atoms with Crippen LogP contribution in [0.2, 0.25) is 0 Å². The van der Waals surface area contributed by atoms with Gasteiger partial charge in [0.2, 0.25) is 5.91 Å². The molecular formula is C21H22N2O6.